The molecule has 1 rings (SSSR count). The zero-order valence-electron chi connectivity index (χ0n) is 9.90. The molecule has 1 aromatic carbocycles. The number of benzene rings is 1. The van der Waals surface area contributed by atoms with Crippen LogP contribution in [0.4, 0.5) is 0 Å². The van der Waals surface area contributed by atoms with Gasteiger partial charge in [0.1, 0.15) is 5.60 Å². The van der Waals surface area contributed by atoms with Crippen molar-refractivity contribution in [2.24, 2.45) is 0 Å². The number of rotatable bonds is 3. The summed E-state index contributed by atoms with van der Waals surface area (Å²) in [4.78, 5) is 11.4. The van der Waals surface area contributed by atoms with Crippen LogP contribution in [0.5, 0.6) is 0 Å². The topological polar surface area (TPSA) is 46.2 Å². The molecule has 0 saturated carbocycles. The van der Waals surface area contributed by atoms with Crippen LogP contribution in [0.15, 0.2) is 30.3 Å². The molecule has 87 valence electrons. The second-order valence-electron chi connectivity index (χ2n) is 4.71. The van der Waals surface area contributed by atoms with E-state index in [-0.39, 0.29) is 6.42 Å². The summed E-state index contributed by atoms with van der Waals surface area (Å²) in [5.74, 6) is -0.684. The van der Waals surface area contributed by atoms with Crippen LogP contribution in [0.2, 0.25) is 0 Å². The second kappa shape index (κ2) is 5.12. The fraction of sp³-hybridized carbons (Fsp3) is 0.462. The Morgan fingerprint density at radius 3 is 2.31 bits per heavy atom. The third-order valence-electron chi connectivity index (χ3n) is 1.93. The molecule has 0 aromatic heterocycles. The summed E-state index contributed by atoms with van der Waals surface area (Å²) in [5, 5.41) is 11.6. The minimum atomic E-state index is -1.35. The highest BCUT2D eigenvalue weighted by Gasteiger charge is 2.24. The molecule has 1 atom stereocenters. The minimum Gasteiger partial charge on any atom is -0.458 e. The Morgan fingerprint density at radius 2 is 1.81 bits per heavy atom. The molecule has 1 unspecified atom stereocenters. The van der Waals surface area contributed by atoms with Gasteiger partial charge < -0.3 is 4.74 Å². The van der Waals surface area contributed by atoms with E-state index in [1.807, 2.05) is 30.3 Å². The van der Waals surface area contributed by atoms with Crippen molar-refractivity contribution in [2.45, 2.75) is 38.9 Å². The van der Waals surface area contributed by atoms with Crippen LogP contribution in [0.25, 0.3) is 0 Å². The highest BCUT2D eigenvalue weighted by atomic mass is 16.6. The van der Waals surface area contributed by atoms with Crippen LogP contribution in [-0.4, -0.2) is 17.7 Å². The molecule has 1 radical (unpaired) electrons. The van der Waals surface area contributed by atoms with Crippen molar-refractivity contribution in [3.63, 3.8) is 0 Å². The van der Waals surface area contributed by atoms with Gasteiger partial charge in [-0.1, -0.05) is 30.3 Å². The smallest absolute Gasteiger partial charge is 0.339 e. The SMILES string of the molecule is CC(C)(C)OC(=O)C([O])Cc1ccccc1. The number of esters is 1. The molecule has 0 heterocycles. The first-order valence-electron chi connectivity index (χ1n) is 5.31. The van der Waals surface area contributed by atoms with Crippen LogP contribution < -0.4 is 0 Å². The van der Waals surface area contributed by atoms with E-state index in [1.165, 1.54) is 0 Å². The van der Waals surface area contributed by atoms with E-state index in [4.69, 9.17) is 4.74 Å². The maximum absolute atomic E-state index is 11.6. The summed E-state index contributed by atoms with van der Waals surface area (Å²) in [6.45, 7) is 5.25. The van der Waals surface area contributed by atoms with E-state index < -0.39 is 17.7 Å². The van der Waals surface area contributed by atoms with Crippen molar-refractivity contribution in [1.82, 2.24) is 0 Å². The fourth-order valence-electron chi connectivity index (χ4n) is 1.28. The van der Waals surface area contributed by atoms with E-state index in [0.717, 1.165) is 5.56 Å². The Morgan fingerprint density at radius 1 is 1.25 bits per heavy atom. The van der Waals surface area contributed by atoms with Gasteiger partial charge in [0, 0.05) is 6.42 Å². The average molecular weight is 221 g/mol. The largest absolute Gasteiger partial charge is 0.458 e. The van der Waals surface area contributed by atoms with Crippen LogP contribution in [0.1, 0.15) is 26.3 Å². The normalized spacial score (nSPS) is 13.2. The first kappa shape index (κ1) is 12.7. The standard InChI is InChI=1S/C13H17O3/c1-13(2,3)16-12(15)11(14)9-10-7-5-4-6-8-10/h4-8,11H,9H2,1-3H3. The molecule has 0 spiro atoms. The molecule has 16 heavy (non-hydrogen) atoms. The lowest BCUT2D eigenvalue weighted by Gasteiger charge is -2.20. The van der Waals surface area contributed by atoms with Gasteiger partial charge in [0.15, 0.2) is 6.10 Å². The van der Waals surface area contributed by atoms with Gasteiger partial charge in [0.25, 0.3) is 0 Å². The summed E-state index contributed by atoms with van der Waals surface area (Å²) in [5.41, 5.74) is 0.254. The Hall–Kier alpha value is -1.35. The molecule has 3 nitrogen and oxygen atoms in total. The molecule has 0 fully saturated rings. The molecule has 0 bridgehead atoms. The van der Waals surface area contributed by atoms with Gasteiger partial charge in [-0.25, -0.2) is 9.90 Å². The van der Waals surface area contributed by atoms with Gasteiger partial charge in [-0.05, 0) is 26.3 Å². The highest BCUT2D eigenvalue weighted by Crippen LogP contribution is 2.11. The van der Waals surface area contributed by atoms with Gasteiger partial charge in [0.05, 0.1) is 0 Å². The van der Waals surface area contributed by atoms with Crippen LogP contribution >= 0.6 is 0 Å². The molecule has 1 aromatic rings. The number of hydrogen-bond acceptors (Lipinski definition) is 2. The average Bonchev–Trinajstić information content (AvgIpc) is 2.16. The van der Waals surface area contributed by atoms with Crippen molar-refractivity contribution < 1.29 is 14.6 Å². The maximum atomic E-state index is 11.6. The number of carbonyl (C=O) groups is 1. The summed E-state index contributed by atoms with van der Waals surface area (Å²) in [7, 11) is 0. The van der Waals surface area contributed by atoms with E-state index >= 15 is 0 Å². The Kier molecular flexibility index (Phi) is 4.07. The van der Waals surface area contributed by atoms with Gasteiger partial charge in [0.2, 0.25) is 0 Å². The Labute approximate surface area is 96.1 Å². The molecule has 0 aliphatic carbocycles. The maximum Gasteiger partial charge on any atom is 0.339 e. The molecule has 3 heteroatoms. The Bertz CT molecular complexity index is 338. The minimum absolute atomic E-state index is 0.176. The fourth-order valence-corrected chi connectivity index (χ4v) is 1.28. The summed E-state index contributed by atoms with van der Waals surface area (Å²) in [6.07, 6.45) is -1.17. The molecular formula is C13H17O3. The predicted molar refractivity (Wildman–Crippen MR) is 60.5 cm³/mol. The number of ether oxygens (including phenoxy) is 1. The summed E-state index contributed by atoms with van der Waals surface area (Å²) < 4.78 is 5.02. The summed E-state index contributed by atoms with van der Waals surface area (Å²) in [6, 6.07) is 9.22. The zero-order chi connectivity index (χ0) is 12.2. The molecule has 0 saturated heterocycles. The second-order valence-corrected chi connectivity index (χ2v) is 4.71. The number of hydrogen-bond donors (Lipinski definition) is 0. The molecule has 0 aliphatic heterocycles. The van der Waals surface area contributed by atoms with Crippen molar-refractivity contribution in [2.75, 3.05) is 0 Å². The van der Waals surface area contributed by atoms with Gasteiger partial charge in [-0.2, -0.15) is 0 Å². The summed E-state index contributed by atoms with van der Waals surface area (Å²) >= 11 is 0. The molecular weight excluding hydrogens is 204 g/mol. The van der Waals surface area contributed by atoms with Crippen molar-refractivity contribution in [1.29, 1.82) is 0 Å². The third-order valence-corrected chi connectivity index (χ3v) is 1.93. The van der Waals surface area contributed by atoms with Crippen LogP contribution in [0.3, 0.4) is 0 Å². The predicted octanol–water partition coefficient (Wildman–Crippen LogP) is 2.37. The third kappa shape index (κ3) is 4.45. The van der Waals surface area contributed by atoms with Gasteiger partial charge >= 0.3 is 5.97 Å². The highest BCUT2D eigenvalue weighted by molar-refractivity contribution is 5.75. The van der Waals surface area contributed by atoms with Crippen molar-refractivity contribution >= 4 is 5.97 Å². The van der Waals surface area contributed by atoms with Crippen LogP contribution in [0, 0.1) is 0 Å². The zero-order valence-corrected chi connectivity index (χ0v) is 9.90. The van der Waals surface area contributed by atoms with Crippen molar-refractivity contribution in [3.8, 4) is 0 Å². The van der Waals surface area contributed by atoms with E-state index in [0.29, 0.717) is 0 Å². The van der Waals surface area contributed by atoms with Gasteiger partial charge in [-0.15, -0.1) is 0 Å². The monoisotopic (exact) mass is 221 g/mol. The van der Waals surface area contributed by atoms with E-state index in [2.05, 4.69) is 0 Å². The van der Waals surface area contributed by atoms with Gasteiger partial charge in [-0.3, -0.25) is 0 Å². The first-order valence-corrected chi connectivity index (χ1v) is 5.31. The molecule has 0 amide bonds. The first-order chi connectivity index (χ1) is 7.38. The lowest BCUT2D eigenvalue weighted by Crippen LogP contribution is -2.32. The number of carbonyl (C=O) groups excluding carboxylic acids is 1. The van der Waals surface area contributed by atoms with Crippen LogP contribution in [-0.2, 0) is 21.1 Å². The van der Waals surface area contributed by atoms with Crippen molar-refractivity contribution in [3.05, 3.63) is 35.9 Å². The molecule has 0 N–H and O–H groups in total. The lowest BCUT2D eigenvalue weighted by molar-refractivity contribution is -0.168. The van der Waals surface area contributed by atoms with E-state index in [9.17, 15) is 9.90 Å². The quantitative estimate of drug-likeness (QED) is 0.735. The Balaban J connectivity index is 2.53. The van der Waals surface area contributed by atoms with E-state index in [1.54, 1.807) is 20.8 Å². The molecule has 0 aliphatic rings. The lowest BCUT2D eigenvalue weighted by atomic mass is 10.1.